The van der Waals surface area contributed by atoms with Crippen LogP contribution in [0.4, 0.5) is 5.69 Å². The van der Waals surface area contributed by atoms with E-state index in [2.05, 4.69) is 35.1 Å². The Balaban J connectivity index is 2.52. The van der Waals surface area contributed by atoms with Gasteiger partial charge >= 0.3 is 0 Å². The van der Waals surface area contributed by atoms with E-state index in [1.54, 1.807) is 0 Å². The average Bonchev–Trinajstić information content (AvgIpc) is 2.27. The molecule has 1 rings (SSSR count). The number of anilines is 1. The van der Waals surface area contributed by atoms with Gasteiger partial charge in [0.1, 0.15) is 4.99 Å². The first-order valence-electron chi connectivity index (χ1n) is 5.92. The van der Waals surface area contributed by atoms with Crippen molar-refractivity contribution in [3.8, 4) is 0 Å². The second kappa shape index (κ2) is 7.71. The van der Waals surface area contributed by atoms with E-state index in [0.29, 0.717) is 17.5 Å². The van der Waals surface area contributed by atoms with Gasteiger partial charge in [0.15, 0.2) is 0 Å². The van der Waals surface area contributed by atoms with E-state index in [1.165, 1.54) is 0 Å². The Labute approximate surface area is 122 Å². The molecule has 0 aliphatic rings. The number of nitrogens with two attached hydrogens (primary N) is 1. The molecule has 0 atom stereocenters. The average molecular weight is 331 g/mol. The summed E-state index contributed by atoms with van der Waals surface area (Å²) in [6.45, 7) is 6.45. The second-order valence-corrected chi connectivity index (χ2v) is 5.72. The predicted octanol–water partition coefficient (Wildman–Crippen LogP) is 3.17. The number of ether oxygens (including phenoxy) is 1. The Morgan fingerprint density at radius 1 is 1.50 bits per heavy atom. The normalized spacial score (nSPS) is 10.7. The molecule has 0 unspecified atom stereocenters. The van der Waals surface area contributed by atoms with Crippen LogP contribution >= 0.6 is 28.1 Å². The van der Waals surface area contributed by atoms with E-state index < -0.39 is 0 Å². The van der Waals surface area contributed by atoms with E-state index in [0.717, 1.165) is 28.9 Å². The van der Waals surface area contributed by atoms with Gasteiger partial charge in [0, 0.05) is 28.9 Å². The van der Waals surface area contributed by atoms with Crippen molar-refractivity contribution in [2.24, 2.45) is 11.7 Å². The largest absolute Gasteiger partial charge is 0.389 e. The minimum atomic E-state index is 0.382. The van der Waals surface area contributed by atoms with Gasteiger partial charge in [-0.05, 0) is 34.0 Å². The van der Waals surface area contributed by atoms with E-state index in [4.69, 9.17) is 22.7 Å². The van der Waals surface area contributed by atoms with Crippen molar-refractivity contribution >= 4 is 38.8 Å². The van der Waals surface area contributed by atoms with E-state index in [1.807, 2.05) is 18.2 Å². The molecule has 0 saturated heterocycles. The van der Waals surface area contributed by atoms with Gasteiger partial charge in [0.2, 0.25) is 0 Å². The number of hydrogen-bond acceptors (Lipinski definition) is 3. The molecule has 3 N–H and O–H groups in total. The Bertz CT molecular complexity index is 410. The molecular weight excluding hydrogens is 312 g/mol. The molecule has 0 radical (unpaired) electrons. The zero-order chi connectivity index (χ0) is 13.5. The SMILES string of the molecule is CC(C)COCCNc1cccc(Br)c1C(N)=S. The summed E-state index contributed by atoms with van der Waals surface area (Å²) in [7, 11) is 0. The third kappa shape index (κ3) is 4.92. The lowest BCUT2D eigenvalue weighted by Gasteiger charge is -2.13. The topological polar surface area (TPSA) is 47.3 Å². The summed E-state index contributed by atoms with van der Waals surface area (Å²) in [5.41, 5.74) is 7.49. The maximum absolute atomic E-state index is 5.72. The van der Waals surface area contributed by atoms with Crippen LogP contribution < -0.4 is 11.1 Å². The molecule has 1 aromatic carbocycles. The number of thiocarbonyl (C=S) groups is 1. The van der Waals surface area contributed by atoms with Crippen LogP contribution in [0.3, 0.4) is 0 Å². The van der Waals surface area contributed by atoms with Crippen LogP contribution in [0.2, 0.25) is 0 Å². The fraction of sp³-hybridized carbons (Fsp3) is 0.462. The van der Waals surface area contributed by atoms with Gasteiger partial charge in [-0.3, -0.25) is 0 Å². The molecule has 1 aromatic rings. The fourth-order valence-electron chi connectivity index (χ4n) is 1.50. The molecule has 0 bridgehead atoms. The zero-order valence-electron chi connectivity index (χ0n) is 10.7. The molecule has 0 aliphatic heterocycles. The lowest BCUT2D eigenvalue weighted by molar-refractivity contribution is 0.118. The first-order chi connectivity index (χ1) is 8.52. The summed E-state index contributed by atoms with van der Waals surface area (Å²) < 4.78 is 6.41. The Morgan fingerprint density at radius 3 is 2.83 bits per heavy atom. The monoisotopic (exact) mass is 330 g/mol. The maximum atomic E-state index is 5.72. The van der Waals surface area contributed by atoms with Crippen molar-refractivity contribution in [2.75, 3.05) is 25.1 Å². The van der Waals surface area contributed by atoms with Crippen molar-refractivity contribution < 1.29 is 4.74 Å². The van der Waals surface area contributed by atoms with Crippen LogP contribution in [0.25, 0.3) is 0 Å². The molecule has 0 aromatic heterocycles. The highest BCUT2D eigenvalue weighted by Gasteiger charge is 2.08. The van der Waals surface area contributed by atoms with Crippen molar-refractivity contribution in [1.29, 1.82) is 0 Å². The smallest absolute Gasteiger partial charge is 0.107 e. The minimum Gasteiger partial charge on any atom is -0.389 e. The van der Waals surface area contributed by atoms with E-state index >= 15 is 0 Å². The van der Waals surface area contributed by atoms with Crippen LogP contribution in [-0.2, 0) is 4.74 Å². The first-order valence-corrected chi connectivity index (χ1v) is 7.12. The first kappa shape index (κ1) is 15.4. The molecular formula is C13H19BrN2OS. The van der Waals surface area contributed by atoms with Gasteiger partial charge in [-0.25, -0.2) is 0 Å². The summed E-state index contributed by atoms with van der Waals surface area (Å²) in [5.74, 6) is 0.558. The summed E-state index contributed by atoms with van der Waals surface area (Å²) in [5, 5.41) is 3.29. The summed E-state index contributed by atoms with van der Waals surface area (Å²) in [6.07, 6.45) is 0. The van der Waals surface area contributed by atoms with Gasteiger partial charge in [0.05, 0.1) is 6.61 Å². The number of halogens is 1. The number of rotatable bonds is 7. The van der Waals surface area contributed by atoms with Gasteiger partial charge in [-0.2, -0.15) is 0 Å². The van der Waals surface area contributed by atoms with Gasteiger partial charge < -0.3 is 15.8 Å². The molecule has 0 saturated carbocycles. The van der Waals surface area contributed by atoms with Crippen molar-refractivity contribution in [3.05, 3.63) is 28.2 Å². The van der Waals surface area contributed by atoms with Crippen LogP contribution in [-0.4, -0.2) is 24.7 Å². The molecule has 0 fully saturated rings. The van der Waals surface area contributed by atoms with Crippen LogP contribution in [0.15, 0.2) is 22.7 Å². The molecule has 5 heteroatoms. The van der Waals surface area contributed by atoms with Crippen molar-refractivity contribution in [1.82, 2.24) is 0 Å². The maximum Gasteiger partial charge on any atom is 0.107 e. The Kier molecular flexibility index (Phi) is 6.60. The Hall–Kier alpha value is -0.650. The summed E-state index contributed by atoms with van der Waals surface area (Å²) in [4.78, 5) is 0.382. The van der Waals surface area contributed by atoms with E-state index in [-0.39, 0.29) is 0 Å². The van der Waals surface area contributed by atoms with Gasteiger partial charge in [-0.1, -0.05) is 32.1 Å². The second-order valence-electron chi connectivity index (χ2n) is 4.42. The number of benzene rings is 1. The summed E-state index contributed by atoms with van der Waals surface area (Å²) in [6, 6.07) is 5.83. The predicted molar refractivity (Wildman–Crippen MR) is 84.2 cm³/mol. The van der Waals surface area contributed by atoms with Crippen LogP contribution in [0.1, 0.15) is 19.4 Å². The molecule has 0 spiro atoms. The van der Waals surface area contributed by atoms with Crippen LogP contribution in [0, 0.1) is 5.92 Å². The molecule has 0 heterocycles. The Morgan fingerprint density at radius 2 is 2.22 bits per heavy atom. The number of hydrogen-bond donors (Lipinski definition) is 2. The quantitative estimate of drug-likeness (QED) is 0.595. The third-order valence-corrected chi connectivity index (χ3v) is 3.14. The molecule has 0 amide bonds. The molecule has 100 valence electrons. The fourth-order valence-corrected chi connectivity index (χ4v) is 2.43. The number of nitrogens with one attached hydrogen (secondary N) is 1. The van der Waals surface area contributed by atoms with Crippen LogP contribution in [0.5, 0.6) is 0 Å². The summed E-state index contributed by atoms with van der Waals surface area (Å²) >= 11 is 8.50. The lowest BCUT2D eigenvalue weighted by Crippen LogP contribution is -2.17. The van der Waals surface area contributed by atoms with E-state index in [9.17, 15) is 0 Å². The highest BCUT2D eigenvalue weighted by Crippen LogP contribution is 2.24. The van der Waals surface area contributed by atoms with Crippen molar-refractivity contribution in [2.45, 2.75) is 13.8 Å². The third-order valence-electron chi connectivity index (χ3n) is 2.27. The molecule has 18 heavy (non-hydrogen) atoms. The van der Waals surface area contributed by atoms with Gasteiger partial charge in [0.25, 0.3) is 0 Å². The molecule has 3 nitrogen and oxygen atoms in total. The lowest BCUT2D eigenvalue weighted by atomic mass is 10.2. The highest BCUT2D eigenvalue weighted by atomic mass is 79.9. The minimum absolute atomic E-state index is 0.382. The standard InChI is InChI=1S/C13H19BrN2OS/c1-9(2)8-17-7-6-16-11-5-3-4-10(14)12(11)13(15)18/h3-5,9,16H,6-8H2,1-2H3,(H2,15,18). The van der Waals surface area contributed by atoms with Crippen molar-refractivity contribution in [3.63, 3.8) is 0 Å². The zero-order valence-corrected chi connectivity index (χ0v) is 13.1. The van der Waals surface area contributed by atoms with Gasteiger partial charge in [-0.15, -0.1) is 0 Å². The molecule has 0 aliphatic carbocycles. The highest BCUT2D eigenvalue weighted by molar-refractivity contribution is 9.10.